The van der Waals surface area contributed by atoms with Crippen molar-refractivity contribution in [2.45, 2.75) is 11.1 Å². The summed E-state index contributed by atoms with van der Waals surface area (Å²) in [5, 5.41) is 1.75. The van der Waals surface area contributed by atoms with Crippen LogP contribution in [0.1, 0.15) is 6.92 Å². The van der Waals surface area contributed by atoms with Gasteiger partial charge in [0.15, 0.2) is 0 Å². The second-order valence-electron chi connectivity index (χ2n) is 3.77. The average molecular weight is 297 g/mol. The summed E-state index contributed by atoms with van der Waals surface area (Å²) in [6.45, 7) is 2.15. The highest BCUT2D eigenvalue weighted by Gasteiger charge is 2.26. The molecule has 1 aromatic heterocycles. The van der Waals surface area contributed by atoms with Gasteiger partial charge in [0.05, 0.1) is 12.8 Å². The molecule has 2 aromatic rings. The van der Waals surface area contributed by atoms with E-state index < -0.39 is 10.0 Å². The summed E-state index contributed by atoms with van der Waals surface area (Å²) < 4.78 is 32.1. The first kappa shape index (κ1) is 13.9. The Bertz CT molecular complexity index is 636. The monoisotopic (exact) mass is 297 g/mol. The Kier molecular flexibility index (Phi) is 4.11. The molecule has 0 radical (unpaired) electrons. The molecule has 0 fully saturated rings. The SMILES string of the molecule is CCN(c1ccccc1OC)S(=O)(=O)c1cccs1. The summed E-state index contributed by atoms with van der Waals surface area (Å²) in [5.41, 5.74) is 0.556. The number of anilines is 1. The average Bonchev–Trinajstić information content (AvgIpc) is 2.94. The third kappa shape index (κ3) is 2.59. The maximum atomic E-state index is 12.6. The molecule has 1 aromatic carbocycles. The minimum absolute atomic E-state index is 0.334. The van der Waals surface area contributed by atoms with Crippen molar-refractivity contribution in [3.8, 4) is 5.75 Å². The Hall–Kier alpha value is -1.53. The molecule has 4 nitrogen and oxygen atoms in total. The first-order chi connectivity index (χ1) is 9.11. The number of benzene rings is 1. The molecule has 6 heteroatoms. The van der Waals surface area contributed by atoms with Crippen LogP contribution >= 0.6 is 11.3 Å². The van der Waals surface area contributed by atoms with E-state index in [0.29, 0.717) is 22.2 Å². The van der Waals surface area contributed by atoms with Crippen LogP contribution in [0.4, 0.5) is 5.69 Å². The van der Waals surface area contributed by atoms with Gasteiger partial charge < -0.3 is 4.74 Å². The first-order valence-electron chi connectivity index (χ1n) is 5.80. The predicted molar refractivity (Wildman–Crippen MR) is 77.5 cm³/mol. The minimum Gasteiger partial charge on any atom is -0.495 e. The van der Waals surface area contributed by atoms with Crippen LogP contribution in [0.2, 0.25) is 0 Å². The zero-order chi connectivity index (χ0) is 13.9. The van der Waals surface area contributed by atoms with Gasteiger partial charge in [-0.15, -0.1) is 11.3 Å². The zero-order valence-electron chi connectivity index (χ0n) is 10.7. The lowest BCUT2D eigenvalue weighted by atomic mass is 10.3. The second-order valence-corrected chi connectivity index (χ2v) is 6.81. The molecule has 102 valence electrons. The van der Waals surface area contributed by atoms with Gasteiger partial charge in [0.2, 0.25) is 0 Å². The van der Waals surface area contributed by atoms with E-state index in [-0.39, 0.29) is 0 Å². The molecule has 0 aliphatic rings. The number of rotatable bonds is 5. The van der Waals surface area contributed by atoms with Gasteiger partial charge >= 0.3 is 0 Å². The summed E-state index contributed by atoms with van der Waals surface area (Å²) in [4.78, 5) is 0. The van der Waals surface area contributed by atoms with E-state index >= 15 is 0 Å². The van der Waals surface area contributed by atoms with Crippen molar-refractivity contribution < 1.29 is 13.2 Å². The Labute approximate surface area is 117 Å². The largest absolute Gasteiger partial charge is 0.495 e. The van der Waals surface area contributed by atoms with E-state index in [4.69, 9.17) is 4.74 Å². The minimum atomic E-state index is -3.52. The van der Waals surface area contributed by atoms with Crippen molar-refractivity contribution >= 4 is 27.0 Å². The van der Waals surface area contributed by atoms with Crippen LogP contribution in [0.25, 0.3) is 0 Å². The molecule has 0 aliphatic heterocycles. The Balaban J connectivity index is 2.52. The third-order valence-corrected chi connectivity index (χ3v) is 5.94. The number of hydrogen-bond acceptors (Lipinski definition) is 4. The van der Waals surface area contributed by atoms with Crippen molar-refractivity contribution in [2.24, 2.45) is 0 Å². The number of methoxy groups -OCH3 is 1. The van der Waals surface area contributed by atoms with Crippen LogP contribution in [-0.2, 0) is 10.0 Å². The quantitative estimate of drug-likeness (QED) is 0.852. The molecule has 1 heterocycles. The number of ether oxygens (including phenoxy) is 1. The number of nitrogens with zero attached hydrogens (tertiary/aromatic N) is 1. The maximum Gasteiger partial charge on any atom is 0.273 e. The molecule has 0 atom stereocenters. The van der Waals surface area contributed by atoms with Crippen molar-refractivity contribution in [1.82, 2.24) is 0 Å². The molecule has 0 aliphatic carbocycles. The predicted octanol–water partition coefficient (Wildman–Crippen LogP) is 2.97. The van der Waals surface area contributed by atoms with Crippen LogP contribution in [0.3, 0.4) is 0 Å². The molecular weight excluding hydrogens is 282 g/mol. The van der Waals surface area contributed by atoms with Crippen molar-refractivity contribution in [1.29, 1.82) is 0 Å². The van der Waals surface area contributed by atoms with E-state index in [2.05, 4.69) is 0 Å². The zero-order valence-corrected chi connectivity index (χ0v) is 12.4. The molecule has 0 saturated heterocycles. The van der Waals surface area contributed by atoms with Crippen LogP contribution in [0, 0.1) is 0 Å². The molecule has 0 amide bonds. The Morgan fingerprint density at radius 1 is 1.21 bits per heavy atom. The fraction of sp³-hybridized carbons (Fsp3) is 0.231. The molecule has 0 unspecified atom stereocenters. The lowest BCUT2D eigenvalue weighted by Gasteiger charge is -2.23. The fourth-order valence-corrected chi connectivity index (χ4v) is 4.41. The molecule has 2 rings (SSSR count). The van der Waals surface area contributed by atoms with Gasteiger partial charge in [-0.05, 0) is 30.5 Å². The number of hydrogen-bond donors (Lipinski definition) is 0. The molecule has 0 N–H and O–H groups in total. The second kappa shape index (κ2) is 5.63. The highest BCUT2D eigenvalue weighted by Crippen LogP contribution is 2.32. The summed E-state index contributed by atoms with van der Waals surface area (Å²) in [7, 11) is -1.99. The lowest BCUT2D eigenvalue weighted by Crippen LogP contribution is -2.30. The summed E-state index contributed by atoms with van der Waals surface area (Å²) in [6, 6.07) is 10.4. The van der Waals surface area contributed by atoms with E-state index in [1.807, 2.05) is 6.07 Å². The summed E-state index contributed by atoms with van der Waals surface area (Å²) >= 11 is 1.21. The first-order valence-corrected chi connectivity index (χ1v) is 8.12. The van der Waals surface area contributed by atoms with Crippen LogP contribution in [-0.4, -0.2) is 22.1 Å². The van der Waals surface area contributed by atoms with Crippen LogP contribution in [0.15, 0.2) is 46.0 Å². The Morgan fingerprint density at radius 2 is 1.95 bits per heavy atom. The van der Waals surface area contributed by atoms with Crippen molar-refractivity contribution in [3.63, 3.8) is 0 Å². The maximum absolute atomic E-state index is 12.6. The normalized spacial score (nSPS) is 11.3. The molecular formula is C13H15NO3S2. The number of para-hydroxylation sites is 2. The van der Waals surface area contributed by atoms with Gasteiger partial charge in [-0.1, -0.05) is 18.2 Å². The molecule has 0 saturated carbocycles. The molecule has 0 bridgehead atoms. The van der Waals surface area contributed by atoms with Gasteiger partial charge in [-0.2, -0.15) is 0 Å². The van der Waals surface area contributed by atoms with Crippen LogP contribution in [0.5, 0.6) is 5.75 Å². The highest BCUT2D eigenvalue weighted by atomic mass is 32.2. The summed E-state index contributed by atoms with van der Waals surface area (Å²) in [5.74, 6) is 0.546. The number of sulfonamides is 1. The van der Waals surface area contributed by atoms with Gasteiger partial charge in [-0.3, -0.25) is 4.31 Å². The molecule has 19 heavy (non-hydrogen) atoms. The highest BCUT2D eigenvalue weighted by molar-refractivity contribution is 7.94. The number of thiophene rings is 1. The Morgan fingerprint density at radius 3 is 2.53 bits per heavy atom. The van der Waals surface area contributed by atoms with Gasteiger partial charge in [-0.25, -0.2) is 8.42 Å². The van der Waals surface area contributed by atoms with Gasteiger partial charge in [0, 0.05) is 6.54 Å². The van der Waals surface area contributed by atoms with E-state index in [0.717, 1.165) is 0 Å². The van der Waals surface area contributed by atoms with Crippen molar-refractivity contribution in [2.75, 3.05) is 18.0 Å². The van der Waals surface area contributed by atoms with Crippen LogP contribution < -0.4 is 9.04 Å². The van der Waals surface area contributed by atoms with Gasteiger partial charge in [0.25, 0.3) is 10.0 Å². The molecule has 0 spiro atoms. The van der Waals surface area contributed by atoms with Gasteiger partial charge in [0.1, 0.15) is 9.96 Å². The lowest BCUT2D eigenvalue weighted by molar-refractivity contribution is 0.415. The van der Waals surface area contributed by atoms with E-state index in [1.54, 1.807) is 42.6 Å². The smallest absolute Gasteiger partial charge is 0.273 e. The van der Waals surface area contributed by atoms with E-state index in [9.17, 15) is 8.42 Å². The summed E-state index contributed by atoms with van der Waals surface area (Å²) in [6.07, 6.45) is 0. The van der Waals surface area contributed by atoms with E-state index in [1.165, 1.54) is 22.8 Å². The fourth-order valence-electron chi connectivity index (χ4n) is 1.82. The standard InChI is InChI=1S/C13H15NO3S2/c1-3-14(11-7-4-5-8-12(11)17-2)19(15,16)13-9-6-10-18-13/h4-10H,3H2,1-2H3. The topological polar surface area (TPSA) is 46.6 Å². The van der Waals surface area contributed by atoms with Crippen molar-refractivity contribution in [3.05, 3.63) is 41.8 Å². The third-order valence-electron chi connectivity index (χ3n) is 2.68.